The predicted molar refractivity (Wildman–Crippen MR) is 231 cm³/mol. The summed E-state index contributed by atoms with van der Waals surface area (Å²) in [6.07, 6.45) is 0. The van der Waals surface area contributed by atoms with Crippen molar-refractivity contribution in [1.82, 2.24) is 0 Å². The molecule has 266 valence electrons. The molecule has 0 spiro atoms. The van der Waals surface area contributed by atoms with Crippen molar-refractivity contribution in [2.24, 2.45) is 0 Å². The molecule has 3 aliphatic heterocycles. The van der Waals surface area contributed by atoms with Crippen LogP contribution in [0.15, 0.2) is 126 Å². The number of rotatable bonds is 1. The van der Waals surface area contributed by atoms with Gasteiger partial charge in [-0.1, -0.05) is 141 Å². The van der Waals surface area contributed by atoms with Crippen LogP contribution in [0.4, 0.5) is 34.3 Å². The van der Waals surface area contributed by atoms with Crippen molar-refractivity contribution in [2.45, 2.75) is 78.6 Å². The number of furan rings is 1. The Labute approximate surface area is 320 Å². The minimum absolute atomic E-state index is 0.0131. The molecular formula is C50H47BN2O. The largest absolute Gasteiger partial charge is 0.440 e. The van der Waals surface area contributed by atoms with E-state index in [0.29, 0.717) is 0 Å². The van der Waals surface area contributed by atoms with Crippen LogP contribution in [0.3, 0.4) is 0 Å². The third kappa shape index (κ3) is 4.68. The van der Waals surface area contributed by atoms with Crippen LogP contribution < -0.4 is 26.2 Å². The van der Waals surface area contributed by atoms with E-state index in [4.69, 9.17) is 4.42 Å². The standard InChI is InChI=1S/C50H47BN2O/c1-48(2,3)30-21-24-33(25-22-30)52-41-28-32(50(7,8)9)29-42-45(41)51(44-38-27-31(49(4,5)6)23-26-43(38)54-47(44)52)39-19-14-18-37-35-16-11-10-15-34(35)36-17-12-13-20-40(36)53(42)46(37)39/h10-29H,1-9H3. The highest BCUT2D eigenvalue weighted by molar-refractivity contribution is 7.01. The van der Waals surface area contributed by atoms with Gasteiger partial charge in [0.2, 0.25) is 5.88 Å². The Balaban J connectivity index is 1.38. The zero-order chi connectivity index (χ0) is 37.5. The van der Waals surface area contributed by atoms with Gasteiger partial charge in [0.25, 0.3) is 6.71 Å². The topological polar surface area (TPSA) is 19.6 Å². The van der Waals surface area contributed by atoms with Crippen LogP contribution in [-0.4, -0.2) is 6.71 Å². The third-order valence-corrected chi connectivity index (χ3v) is 12.1. The minimum Gasteiger partial charge on any atom is -0.440 e. The summed E-state index contributed by atoms with van der Waals surface area (Å²) in [6, 6.07) is 45.9. The molecule has 3 nitrogen and oxygen atoms in total. The fourth-order valence-electron chi connectivity index (χ4n) is 9.15. The molecule has 0 aliphatic carbocycles. The van der Waals surface area contributed by atoms with E-state index in [-0.39, 0.29) is 23.0 Å². The Kier molecular flexibility index (Phi) is 6.77. The van der Waals surface area contributed by atoms with Crippen molar-refractivity contribution in [3.8, 4) is 22.3 Å². The van der Waals surface area contributed by atoms with Gasteiger partial charge >= 0.3 is 0 Å². The van der Waals surface area contributed by atoms with E-state index in [1.54, 1.807) is 0 Å². The summed E-state index contributed by atoms with van der Waals surface area (Å²) in [5, 5.41) is 1.19. The molecule has 4 heterocycles. The fourth-order valence-corrected chi connectivity index (χ4v) is 9.15. The Morgan fingerprint density at radius 2 is 1.04 bits per heavy atom. The molecule has 1 aromatic heterocycles. The van der Waals surface area contributed by atoms with Crippen LogP contribution in [0.1, 0.15) is 79.0 Å². The van der Waals surface area contributed by atoms with Gasteiger partial charge in [-0.05, 0) is 97.5 Å². The number of anilines is 6. The van der Waals surface area contributed by atoms with Crippen LogP contribution >= 0.6 is 0 Å². The van der Waals surface area contributed by atoms with Crippen molar-refractivity contribution in [3.63, 3.8) is 0 Å². The SMILES string of the molecule is CC(C)(C)c1ccc(N2c3cc(C(C)(C)C)cc4c3B(c3cccc5c3N4c3ccccc3-c3ccccc3-5)c3c2oc2ccc(C(C)(C)C)cc32)cc1. The molecular weight excluding hydrogens is 655 g/mol. The van der Waals surface area contributed by atoms with Crippen molar-refractivity contribution in [2.75, 3.05) is 9.80 Å². The van der Waals surface area contributed by atoms with Crippen LogP contribution in [0.2, 0.25) is 0 Å². The summed E-state index contributed by atoms with van der Waals surface area (Å²) in [5.74, 6) is 0.912. The molecule has 0 radical (unpaired) electrons. The Morgan fingerprint density at radius 3 is 1.70 bits per heavy atom. The van der Waals surface area contributed by atoms with Gasteiger partial charge in [0, 0.05) is 44.7 Å². The van der Waals surface area contributed by atoms with Gasteiger partial charge in [-0.15, -0.1) is 0 Å². The molecule has 0 atom stereocenters. The lowest BCUT2D eigenvalue weighted by Gasteiger charge is -2.44. The molecule has 0 saturated heterocycles. The minimum atomic E-state index is -0.104. The van der Waals surface area contributed by atoms with Crippen LogP contribution in [-0.2, 0) is 16.2 Å². The summed E-state index contributed by atoms with van der Waals surface area (Å²) >= 11 is 0. The van der Waals surface area contributed by atoms with Crippen molar-refractivity contribution in [1.29, 1.82) is 0 Å². The molecule has 0 N–H and O–H groups in total. The molecule has 7 aromatic rings. The Hall–Kier alpha value is -5.48. The second-order valence-corrected chi connectivity index (χ2v) is 18.7. The average Bonchev–Trinajstić information content (AvgIpc) is 3.46. The molecule has 0 saturated carbocycles. The number of hydrogen-bond acceptors (Lipinski definition) is 3. The molecule has 3 aliphatic rings. The zero-order valence-corrected chi connectivity index (χ0v) is 32.9. The summed E-state index contributed by atoms with van der Waals surface area (Å²) in [4.78, 5) is 5.02. The van der Waals surface area contributed by atoms with E-state index in [1.165, 1.54) is 83.5 Å². The summed E-state index contributed by atoms with van der Waals surface area (Å²) in [5.41, 5.74) is 19.7. The number of hydrogen-bond donors (Lipinski definition) is 0. The van der Waals surface area contributed by atoms with Crippen molar-refractivity contribution >= 4 is 68.4 Å². The Bertz CT molecular complexity index is 2680. The quantitative estimate of drug-likeness (QED) is 0.159. The van der Waals surface area contributed by atoms with Gasteiger partial charge in [0.1, 0.15) is 5.58 Å². The van der Waals surface area contributed by atoms with Gasteiger partial charge in [0.05, 0.1) is 5.69 Å². The molecule has 0 amide bonds. The second-order valence-electron chi connectivity index (χ2n) is 18.7. The van der Waals surface area contributed by atoms with E-state index in [0.717, 1.165) is 17.2 Å². The lowest BCUT2D eigenvalue weighted by molar-refractivity contribution is 0.588. The lowest BCUT2D eigenvalue weighted by Crippen LogP contribution is -2.61. The summed E-state index contributed by atoms with van der Waals surface area (Å²) in [7, 11) is 0. The first-order valence-electron chi connectivity index (χ1n) is 19.5. The smallest absolute Gasteiger partial charge is 0.257 e. The normalized spacial score (nSPS) is 14.3. The number of para-hydroxylation sites is 2. The number of benzene rings is 6. The van der Waals surface area contributed by atoms with E-state index in [9.17, 15) is 0 Å². The first kappa shape index (κ1) is 33.1. The monoisotopic (exact) mass is 702 g/mol. The highest BCUT2D eigenvalue weighted by Crippen LogP contribution is 2.54. The molecule has 4 heteroatoms. The second kappa shape index (κ2) is 11.0. The molecule has 0 fully saturated rings. The number of nitrogens with zero attached hydrogens (tertiary/aromatic N) is 2. The molecule has 6 aromatic carbocycles. The van der Waals surface area contributed by atoms with E-state index < -0.39 is 0 Å². The van der Waals surface area contributed by atoms with E-state index in [1.807, 2.05) is 0 Å². The first-order chi connectivity index (χ1) is 25.7. The van der Waals surface area contributed by atoms with Gasteiger partial charge in [-0.2, -0.15) is 0 Å². The van der Waals surface area contributed by atoms with Crippen molar-refractivity contribution < 1.29 is 4.42 Å². The van der Waals surface area contributed by atoms with Crippen molar-refractivity contribution in [3.05, 3.63) is 138 Å². The highest BCUT2D eigenvalue weighted by atomic mass is 16.4. The van der Waals surface area contributed by atoms with Gasteiger partial charge < -0.3 is 9.32 Å². The van der Waals surface area contributed by atoms with Crippen LogP contribution in [0.25, 0.3) is 33.2 Å². The number of fused-ring (bicyclic) bond motifs is 11. The fraction of sp³-hybridized carbons (Fsp3) is 0.240. The molecule has 0 bridgehead atoms. The molecule has 10 rings (SSSR count). The van der Waals surface area contributed by atoms with Gasteiger partial charge in [-0.25, -0.2) is 0 Å². The average molecular weight is 703 g/mol. The van der Waals surface area contributed by atoms with Gasteiger partial charge in [-0.3, -0.25) is 4.90 Å². The predicted octanol–water partition coefficient (Wildman–Crippen LogP) is 12.1. The summed E-state index contributed by atoms with van der Waals surface area (Å²) < 4.78 is 7.16. The lowest BCUT2D eigenvalue weighted by atomic mass is 9.33. The molecule has 0 unspecified atom stereocenters. The Morgan fingerprint density at radius 1 is 0.463 bits per heavy atom. The maximum Gasteiger partial charge on any atom is 0.257 e. The van der Waals surface area contributed by atoms with Gasteiger partial charge in [0.15, 0.2) is 0 Å². The summed E-state index contributed by atoms with van der Waals surface area (Å²) in [6.45, 7) is 20.7. The van der Waals surface area contributed by atoms with Crippen LogP contribution in [0.5, 0.6) is 0 Å². The highest BCUT2D eigenvalue weighted by Gasteiger charge is 2.48. The maximum atomic E-state index is 7.16. The zero-order valence-electron chi connectivity index (χ0n) is 32.9. The first-order valence-corrected chi connectivity index (χ1v) is 19.5. The third-order valence-electron chi connectivity index (χ3n) is 12.1. The van der Waals surface area contributed by atoms with Crippen LogP contribution in [0, 0.1) is 0 Å². The van der Waals surface area contributed by atoms with E-state index in [2.05, 4.69) is 193 Å². The molecule has 54 heavy (non-hydrogen) atoms. The maximum absolute atomic E-state index is 7.16. The van der Waals surface area contributed by atoms with E-state index >= 15 is 0 Å².